The number of aliphatic hydroxyl groups is 1. The minimum absolute atomic E-state index is 0.00278. The maximum absolute atomic E-state index is 13.1. The summed E-state index contributed by atoms with van der Waals surface area (Å²) in [7, 11) is 1.94. The number of rotatable bonds is 10. The van der Waals surface area contributed by atoms with Gasteiger partial charge in [-0.2, -0.15) is 0 Å². The van der Waals surface area contributed by atoms with Crippen molar-refractivity contribution in [3.05, 3.63) is 101 Å². The van der Waals surface area contributed by atoms with E-state index in [1.54, 1.807) is 18.1 Å². The summed E-state index contributed by atoms with van der Waals surface area (Å²) in [6.07, 6.45) is 8.33. The van der Waals surface area contributed by atoms with Crippen molar-refractivity contribution < 1.29 is 19.4 Å². The molecule has 262 valence electrons. The first-order valence-corrected chi connectivity index (χ1v) is 19.0. The quantitative estimate of drug-likeness (QED) is 0.149. The Morgan fingerprint density at radius 3 is 2.30 bits per heavy atom. The highest BCUT2D eigenvalue weighted by molar-refractivity contribution is 7.99. The highest BCUT2D eigenvalue weighted by atomic mass is 32.2. The van der Waals surface area contributed by atoms with Crippen LogP contribution < -0.4 is 10.6 Å². The third kappa shape index (κ3) is 7.08. The van der Waals surface area contributed by atoms with E-state index >= 15 is 0 Å². The van der Waals surface area contributed by atoms with Crippen LogP contribution in [0.25, 0.3) is 11.1 Å². The highest BCUT2D eigenvalue weighted by Gasteiger charge is 2.51. The number of ether oxygens (including phenoxy) is 2. The third-order valence-electron chi connectivity index (χ3n) is 11.5. The van der Waals surface area contributed by atoms with Gasteiger partial charge >= 0.3 is 6.03 Å². The van der Waals surface area contributed by atoms with Crippen molar-refractivity contribution in [2.75, 3.05) is 5.75 Å². The molecule has 2 heterocycles. The van der Waals surface area contributed by atoms with E-state index in [0.717, 1.165) is 75.6 Å². The standard InChI is InChI=1S/C40H47N5O4S/c1-25-35(23-50-39-44-42-24-45(39)2)48-37(49-36(25)31-11-9-26(22-46)10-12-31)34-8-4-7-33(17-34)32-6-3-5-27(16-32)21-41-38(47)43-40-18-28-13-29(19-40)15-30(14-28)20-40/h3-12,16-17,24-25,28-30,35-37,46H,13-15,18-23H2,1-2H3,(H2,41,43,47). The van der Waals surface area contributed by atoms with Gasteiger partial charge in [-0.05, 0) is 96.2 Å². The number of aryl methyl sites for hydroxylation is 1. The first-order chi connectivity index (χ1) is 24.3. The van der Waals surface area contributed by atoms with Crippen LogP contribution in [0.2, 0.25) is 0 Å². The highest BCUT2D eigenvalue weighted by Crippen LogP contribution is 2.55. The molecule has 4 aliphatic carbocycles. The van der Waals surface area contributed by atoms with E-state index in [4.69, 9.17) is 9.47 Å². The van der Waals surface area contributed by atoms with Crippen LogP contribution in [-0.2, 0) is 29.7 Å². The maximum Gasteiger partial charge on any atom is 0.315 e. The summed E-state index contributed by atoms with van der Waals surface area (Å²) in [4.78, 5) is 13.1. The third-order valence-corrected chi connectivity index (χ3v) is 12.6. The van der Waals surface area contributed by atoms with Crippen LogP contribution in [-0.4, -0.2) is 43.3 Å². The molecule has 4 unspecified atom stereocenters. The van der Waals surface area contributed by atoms with Crippen molar-refractivity contribution in [2.24, 2.45) is 30.7 Å². The lowest BCUT2D eigenvalue weighted by molar-refractivity contribution is -0.268. The molecule has 4 atom stereocenters. The first-order valence-electron chi connectivity index (χ1n) is 18.1. The zero-order valence-electron chi connectivity index (χ0n) is 28.8. The largest absolute Gasteiger partial charge is 0.392 e. The lowest BCUT2D eigenvalue weighted by Crippen LogP contribution is -2.61. The summed E-state index contributed by atoms with van der Waals surface area (Å²) in [6, 6.07) is 24.7. The second kappa shape index (κ2) is 14.1. The Kier molecular flexibility index (Phi) is 9.46. The van der Waals surface area contributed by atoms with Crippen LogP contribution in [0.4, 0.5) is 4.79 Å². The summed E-state index contributed by atoms with van der Waals surface area (Å²) in [6.45, 7) is 2.64. The number of nitrogens with zero attached hydrogens (tertiary/aromatic N) is 3. The number of thioether (sulfide) groups is 1. The Balaban J connectivity index is 0.968. The Morgan fingerprint density at radius 1 is 0.920 bits per heavy atom. The second-order valence-electron chi connectivity index (χ2n) is 15.2. The van der Waals surface area contributed by atoms with E-state index in [0.29, 0.717) is 12.3 Å². The van der Waals surface area contributed by atoms with Gasteiger partial charge in [-0.25, -0.2) is 4.79 Å². The number of amides is 2. The molecule has 1 aromatic heterocycles. The fourth-order valence-corrected chi connectivity index (χ4v) is 10.4. The summed E-state index contributed by atoms with van der Waals surface area (Å²) >= 11 is 1.63. The van der Waals surface area contributed by atoms with Crippen LogP contribution in [0.5, 0.6) is 0 Å². The molecule has 3 N–H and O–H groups in total. The van der Waals surface area contributed by atoms with Gasteiger partial charge < -0.3 is 29.8 Å². The van der Waals surface area contributed by atoms with E-state index in [1.165, 1.54) is 19.3 Å². The van der Waals surface area contributed by atoms with Crippen LogP contribution in [0.15, 0.2) is 84.3 Å². The van der Waals surface area contributed by atoms with Crippen molar-refractivity contribution in [3.8, 4) is 11.1 Å². The Morgan fingerprint density at radius 2 is 1.62 bits per heavy atom. The maximum atomic E-state index is 13.1. The van der Waals surface area contributed by atoms with Crippen LogP contribution >= 0.6 is 11.8 Å². The number of carbonyl (C=O) groups is 1. The van der Waals surface area contributed by atoms with E-state index in [1.807, 2.05) is 41.9 Å². The SMILES string of the molecule is CC1C(CSc2nncn2C)OC(c2cccc(-c3cccc(CNC(=O)NC45CC6CC(CC(C6)C4)C5)c3)c2)OC1c1ccc(CO)cc1. The lowest BCUT2D eigenvalue weighted by atomic mass is 9.53. The number of hydrogen-bond donors (Lipinski definition) is 3. The molecule has 2 amide bonds. The number of aliphatic hydroxyl groups excluding tert-OH is 1. The number of aromatic nitrogens is 3. The monoisotopic (exact) mass is 693 g/mol. The Hall–Kier alpha value is -3.70. The first kappa shape index (κ1) is 33.4. The molecule has 0 spiro atoms. The Bertz CT molecular complexity index is 1780. The zero-order chi connectivity index (χ0) is 34.2. The topological polar surface area (TPSA) is 111 Å². The molecule has 4 aromatic rings. The average Bonchev–Trinajstić information content (AvgIpc) is 3.54. The van der Waals surface area contributed by atoms with E-state index in [2.05, 4.69) is 70.2 Å². The summed E-state index contributed by atoms with van der Waals surface area (Å²) in [5.41, 5.74) is 6.05. The van der Waals surface area contributed by atoms with Crippen LogP contribution in [0, 0.1) is 23.7 Å². The van der Waals surface area contributed by atoms with Crippen molar-refractivity contribution in [1.82, 2.24) is 25.4 Å². The number of carbonyl (C=O) groups excluding carboxylic acids is 1. The van der Waals surface area contributed by atoms with E-state index in [9.17, 15) is 9.90 Å². The molecule has 4 bridgehead atoms. The molecule has 9 nitrogen and oxygen atoms in total. The normalized spacial score (nSPS) is 29.9. The number of nitrogens with one attached hydrogen (secondary N) is 2. The van der Waals surface area contributed by atoms with Gasteiger partial charge in [0, 0.05) is 36.4 Å². The predicted molar refractivity (Wildman–Crippen MR) is 193 cm³/mol. The molecule has 50 heavy (non-hydrogen) atoms. The second-order valence-corrected chi connectivity index (χ2v) is 16.2. The zero-order valence-corrected chi connectivity index (χ0v) is 29.6. The van der Waals surface area contributed by atoms with Gasteiger partial charge in [0.15, 0.2) is 11.4 Å². The molecular weight excluding hydrogens is 647 g/mol. The van der Waals surface area contributed by atoms with Gasteiger partial charge in [0.25, 0.3) is 0 Å². The number of hydrogen-bond acceptors (Lipinski definition) is 7. The van der Waals surface area contributed by atoms with Crippen molar-refractivity contribution in [3.63, 3.8) is 0 Å². The van der Waals surface area contributed by atoms with Gasteiger partial charge in [-0.3, -0.25) is 0 Å². The van der Waals surface area contributed by atoms with Crippen molar-refractivity contribution >= 4 is 17.8 Å². The minimum Gasteiger partial charge on any atom is -0.392 e. The Labute approximate surface area is 298 Å². The van der Waals surface area contributed by atoms with Gasteiger partial charge in [-0.15, -0.1) is 10.2 Å². The fourth-order valence-electron chi connectivity index (χ4n) is 9.33. The van der Waals surface area contributed by atoms with E-state index < -0.39 is 6.29 Å². The van der Waals surface area contributed by atoms with Crippen molar-refractivity contribution in [1.29, 1.82) is 0 Å². The molecular formula is C40H47N5O4S. The van der Waals surface area contributed by atoms with E-state index in [-0.39, 0.29) is 36.3 Å². The van der Waals surface area contributed by atoms with Gasteiger partial charge in [0.2, 0.25) is 0 Å². The summed E-state index contributed by atoms with van der Waals surface area (Å²) < 4.78 is 15.4. The van der Waals surface area contributed by atoms with Crippen LogP contribution in [0.1, 0.15) is 80.1 Å². The summed E-state index contributed by atoms with van der Waals surface area (Å²) in [5.74, 6) is 3.14. The molecule has 1 saturated heterocycles. The van der Waals surface area contributed by atoms with Gasteiger partial charge in [-0.1, -0.05) is 79.3 Å². The molecule has 9 rings (SSSR count). The molecule has 0 radical (unpaired) electrons. The smallest absolute Gasteiger partial charge is 0.315 e. The molecule has 5 fully saturated rings. The summed E-state index contributed by atoms with van der Waals surface area (Å²) in [5, 5.41) is 25.3. The lowest BCUT2D eigenvalue weighted by Gasteiger charge is -2.56. The van der Waals surface area contributed by atoms with Crippen LogP contribution in [0.3, 0.4) is 0 Å². The average molecular weight is 694 g/mol. The minimum atomic E-state index is -0.572. The fraction of sp³-hybridized carbons (Fsp3) is 0.475. The molecule has 3 aromatic carbocycles. The van der Waals surface area contributed by atoms with Crippen molar-refractivity contribution in [2.45, 2.75) is 87.8 Å². The number of urea groups is 1. The molecule has 5 aliphatic rings. The predicted octanol–water partition coefficient (Wildman–Crippen LogP) is 7.33. The molecule has 1 aliphatic heterocycles. The van der Waals surface area contributed by atoms with Gasteiger partial charge in [0.05, 0.1) is 18.8 Å². The van der Waals surface area contributed by atoms with Gasteiger partial charge in [0.1, 0.15) is 6.33 Å². The number of benzene rings is 3. The molecule has 10 heteroatoms. The molecule has 4 saturated carbocycles.